The molecule has 0 saturated carbocycles. The summed E-state index contributed by atoms with van der Waals surface area (Å²) < 4.78 is 5.73. The molecule has 3 N–H and O–H groups in total. The van der Waals surface area contributed by atoms with Gasteiger partial charge in [-0.25, -0.2) is 5.84 Å². The van der Waals surface area contributed by atoms with E-state index in [0.717, 1.165) is 11.3 Å². The highest BCUT2D eigenvalue weighted by Crippen LogP contribution is 2.25. The lowest BCUT2D eigenvalue weighted by molar-refractivity contribution is -0.120. The fourth-order valence-electron chi connectivity index (χ4n) is 1.59. The smallest absolute Gasteiger partial charge is 0.238 e. The zero-order valence-electron chi connectivity index (χ0n) is 9.80. The van der Waals surface area contributed by atoms with Crippen LogP contribution in [0.15, 0.2) is 54.6 Å². The van der Waals surface area contributed by atoms with E-state index in [1.165, 1.54) is 0 Å². The van der Waals surface area contributed by atoms with Gasteiger partial charge in [0.1, 0.15) is 11.5 Å². The summed E-state index contributed by atoms with van der Waals surface area (Å²) in [6.07, 6.45) is 0.194. The molecule has 0 aromatic heterocycles. The van der Waals surface area contributed by atoms with Gasteiger partial charge in [0.15, 0.2) is 0 Å². The Morgan fingerprint density at radius 3 is 2.44 bits per heavy atom. The molecule has 2 aromatic rings. The number of carbonyl (C=O) groups is 1. The van der Waals surface area contributed by atoms with Crippen LogP contribution in [0.4, 0.5) is 0 Å². The number of nitrogens with two attached hydrogens (primary N) is 1. The number of carbonyl (C=O) groups excluding carboxylic acids is 1. The van der Waals surface area contributed by atoms with Crippen molar-refractivity contribution < 1.29 is 9.53 Å². The van der Waals surface area contributed by atoms with E-state index >= 15 is 0 Å². The molecule has 1 amide bonds. The summed E-state index contributed by atoms with van der Waals surface area (Å²) in [7, 11) is 0. The van der Waals surface area contributed by atoms with Crippen LogP contribution >= 0.6 is 0 Å². The summed E-state index contributed by atoms with van der Waals surface area (Å²) in [6.45, 7) is 0. The van der Waals surface area contributed by atoms with Gasteiger partial charge < -0.3 is 4.74 Å². The number of hydrogen-bond acceptors (Lipinski definition) is 3. The van der Waals surface area contributed by atoms with Crippen molar-refractivity contribution >= 4 is 5.91 Å². The fourth-order valence-corrected chi connectivity index (χ4v) is 1.59. The summed E-state index contributed by atoms with van der Waals surface area (Å²) in [4.78, 5) is 11.3. The van der Waals surface area contributed by atoms with Crippen molar-refractivity contribution in [1.82, 2.24) is 5.43 Å². The van der Waals surface area contributed by atoms with E-state index in [-0.39, 0.29) is 12.3 Å². The lowest BCUT2D eigenvalue weighted by Crippen LogP contribution is -2.31. The molecular weight excluding hydrogens is 228 g/mol. The molecule has 0 heterocycles. The number of nitrogens with one attached hydrogen (secondary N) is 1. The first-order chi connectivity index (χ1) is 8.79. The Balaban J connectivity index is 2.20. The van der Waals surface area contributed by atoms with Gasteiger partial charge in [-0.2, -0.15) is 0 Å². The van der Waals surface area contributed by atoms with E-state index < -0.39 is 0 Å². The minimum absolute atomic E-state index is 0.194. The van der Waals surface area contributed by atoms with E-state index in [1.807, 2.05) is 54.6 Å². The second-order valence-electron chi connectivity index (χ2n) is 3.77. The van der Waals surface area contributed by atoms with Gasteiger partial charge in [0, 0.05) is 5.56 Å². The van der Waals surface area contributed by atoms with E-state index in [4.69, 9.17) is 10.6 Å². The van der Waals surface area contributed by atoms with Crippen molar-refractivity contribution in [3.05, 3.63) is 60.2 Å². The number of para-hydroxylation sites is 2. The average Bonchev–Trinajstić information content (AvgIpc) is 2.42. The predicted octanol–water partition coefficient (Wildman–Crippen LogP) is 2.01. The lowest BCUT2D eigenvalue weighted by atomic mass is 10.1. The van der Waals surface area contributed by atoms with Crippen molar-refractivity contribution in [3.8, 4) is 11.5 Å². The molecule has 2 rings (SSSR count). The van der Waals surface area contributed by atoms with Gasteiger partial charge >= 0.3 is 0 Å². The van der Waals surface area contributed by atoms with Crippen LogP contribution in [0.1, 0.15) is 5.56 Å². The van der Waals surface area contributed by atoms with Crippen LogP contribution in [0.3, 0.4) is 0 Å². The molecule has 0 atom stereocenters. The van der Waals surface area contributed by atoms with Gasteiger partial charge in [-0.15, -0.1) is 0 Å². The molecule has 18 heavy (non-hydrogen) atoms. The Kier molecular flexibility index (Phi) is 3.94. The molecule has 0 fully saturated rings. The van der Waals surface area contributed by atoms with Gasteiger partial charge in [-0.3, -0.25) is 10.2 Å². The summed E-state index contributed by atoms with van der Waals surface area (Å²) in [5, 5.41) is 0. The first-order valence-electron chi connectivity index (χ1n) is 5.60. The number of hydrazine groups is 1. The number of ether oxygens (including phenoxy) is 1. The first kappa shape index (κ1) is 12.1. The molecule has 92 valence electrons. The van der Waals surface area contributed by atoms with E-state index in [2.05, 4.69) is 5.43 Å². The van der Waals surface area contributed by atoms with Crippen LogP contribution in [0.5, 0.6) is 11.5 Å². The van der Waals surface area contributed by atoms with Crippen LogP contribution < -0.4 is 16.0 Å². The van der Waals surface area contributed by atoms with Crippen molar-refractivity contribution in [2.24, 2.45) is 5.84 Å². The zero-order valence-corrected chi connectivity index (χ0v) is 9.80. The maximum atomic E-state index is 11.3. The highest BCUT2D eigenvalue weighted by Gasteiger charge is 2.08. The molecule has 4 heteroatoms. The maximum absolute atomic E-state index is 11.3. The third-order valence-corrected chi connectivity index (χ3v) is 2.46. The summed E-state index contributed by atoms with van der Waals surface area (Å²) in [6, 6.07) is 16.8. The molecular formula is C14H14N2O2. The Bertz CT molecular complexity index is 526. The fraction of sp³-hybridized carbons (Fsp3) is 0.0714. The van der Waals surface area contributed by atoms with Gasteiger partial charge in [0.2, 0.25) is 5.91 Å². The first-order valence-corrected chi connectivity index (χ1v) is 5.60. The third kappa shape index (κ3) is 3.09. The normalized spacial score (nSPS) is 9.83. The third-order valence-electron chi connectivity index (χ3n) is 2.46. The van der Waals surface area contributed by atoms with Gasteiger partial charge in [0.25, 0.3) is 0 Å². The largest absolute Gasteiger partial charge is 0.457 e. The molecule has 4 nitrogen and oxygen atoms in total. The van der Waals surface area contributed by atoms with Crippen LogP contribution in [0.2, 0.25) is 0 Å². The molecule has 0 bridgehead atoms. The van der Waals surface area contributed by atoms with Gasteiger partial charge in [-0.05, 0) is 18.2 Å². The van der Waals surface area contributed by atoms with Gasteiger partial charge in [-0.1, -0.05) is 36.4 Å². The van der Waals surface area contributed by atoms with E-state index in [1.54, 1.807) is 0 Å². The van der Waals surface area contributed by atoms with E-state index in [0.29, 0.717) is 5.75 Å². The predicted molar refractivity (Wildman–Crippen MR) is 69.0 cm³/mol. The average molecular weight is 242 g/mol. The number of benzene rings is 2. The topological polar surface area (TPSA) is 64.3 Å². The zero-order chi connectivity index (χ0) is 12.8. The second kappa shape index (κ2) is 5.84. The molecule has 0 saturated heterocycles. The van der Waals surface area contributed by atoms with Crippen molar-refractivity contribution in [1.29, 1.82) is 0 Å². The Morgan fingerprint density at radius 2 is 1.72 bits per heavy atom. The van der Waals surface area contributed by atoms with Crippen molar-refractivity contribution in [2.45, 2.75) is 6.42 Å². The van der Waals surface area contributed by atoms with Crippen LogP contribution in [-0.4, -0.2) is 5.91 Å². The Hall–Kier alpha value is -2.33. The quantitative estimate of drug-likeness (QED) is 0.489. The van der Waals surface area contributed by atoms with Crippen LogP contribution in [-0.2, 0) is 11.2 Å². The second-order valence-corrected chi connectivity index (χ2v) is 3.77. The van der Waals surface area contributed by atoms with E-state index in [9.17, 15) is 4.79 Å². The number of rotatable bonds is 4. The standard InChI is InChI=1S/C14H14N2O2/c15-16-14(17)10-11-6-4-5-9-13(11)18-12-7-2-1-3-8-12/h1-9H,10,15H2,(H,16,17). The maximum Gasteiger partial charge on any atom is 0.238 e. The summed E-state index contributed by atoms with van der Waals surface area (Å²) in [5.74, 6) is 6.23. The molecule has 2 aromatic carbocycles. The minimum Gasteiger partial charge on any atom is -0.457 e. The molecule has 0 radical (unpaired) electrons. The molecule has 0 aliphatic rings. The summed E-state index contributed by atoms with van der Waals surface area (Å²) in [5.41, 5.74) is 2.91. The highest BCUT2D eigenvalue weighted by molar-refractivity contribution is 5.78. The van der Waals surface area contributed by atoms with Crippen molar-refractivity contribution in [2.75, 3.05) is 0 Å². The molecule has 0 unspecified atom stereocenters. The van der Waals surface area contributed by atoms with Crippen LogP contribution in [0.25, 0.3) is 0 Å². The lowest BCUT2D eigenvalue weighted by Gasteiger charge is -2.10. The number of hydrogen-bond donors (Lipinski definition) is 2. The number of amides is 1. The van der Waals surface area contributed by atoms with Gasteiger partial charge in [0.05, 0.1) is 6.42 Å². The van der Waals surface area contributed by atoms with Crippen molar-refractivity contribution in [3.63, 3.8) is 0 Å². The molecule has 0 aliphatic carbocycles. The highest BCUT2D eigenvalue weighted by atomic mass is 16.5. The Morgan fingerprint density at radius 1 is 1.06 bits per heavy atom. The summed E-state index contributed by atoms with van der Waals surface area (Å²) >= 11 is 0. The minimum atomic E-state index is -0.251. The van der Waals surface area contributed by atoms with Crippen LogP contribution in [0, 0.1) is 0 Å². The molecule has 0 spiro atoms. The Labute approximate surface area is 105 Å². The monoisotopic (exact) mass is 242 g/mol. The SMILES string of the molecule is NNC(=O)Cc1ccccc1Oc1ccccc1. The molecule has 0 aliphatic heterocycles.